The summed E-state index contributed by atoms with van der Waals surface area (Å²) in [5, 5.41) is 15.9. The zero-order chi connectivity index (χ0) is 27.9. The number of nitrogens with zero attached hydrogens (tertiary/aromatic N) is 5. The van der Waals surface area contributed by atoms with Crippen molar-refractivity contribution in [3.05, 3.63) is 47.7 Å². The quantitative estimate of drug-likeness (QED) is 0.338. The van der Waals surface area contributed by atoms with Gasteiger partial charge in [-0.3, -0.25) is 9.69 Å². The number of piperidine rings is 1. The average molecular weight is 549 g/mol. The molecule has 0 spiro atoms. The Morgan fingerprint density at radius 1 is 1.15 bits per heavy atom. The molecule has 0 saturated carbocycles. The maximum atomic E-state index is 14.6. The molecule has 0 aliphatic carbocycles. The highest BCUT2D eigenvalue weighted by molar-refractivity contribution is 5.97. The summed E-state index contributed by atoms with van der Waals surface area (Å²) < 4.78 is 14.6. The number of rotatable bonds is 8. The van der Waals surface area contributed by atoms with Gasteiger partial charge in [-0.25, -0.2) is 19.3 Å². The molecule has 40 heavy (non-hydrogen) atoms. The van der Waals surface area contributed by atoms with Crippen LogP contribution in [0.1, 0.15) is 49.2 Å². The second kappa shape index (κ2) is 10.8. The number of carbonyl (C=O) groups is 1. The third-order valence-corrected chi connectivity index (χ3v) is 8.08. The number of H-pyrrole nitrogens is 1. The standard InChI is InChI=1S/C29H37FN8O2/c1-29(2,40)17-37-15-19(16-37)11-18-6-9-38(10-7-18)20-3-4-25(32-13-20)35-28-33-14-22(30)26(36-28)24-12-21-23(34-24)5-8-31-27(21)39/h3-4,12-14,18-19,34,40H,5-11,15-17H2,1-2H3,(H,31,39)(H,32,33,35,36). The highest BCUT2D eigenvalue weighted by Gasteiger charge is 2.33. The molecule has 3 aromatic rings. The Bertz CT molecular complexity index is 1360. The van der Waals surface area contributed by atoms with Gasteiger partial charge in [-0.05, 0) is 63.1 Å². The first-order valence-electron chi connectivity index (χ1n) is 14.2. The van der Waals surface area contributed by atoms with E-state index >= 15 is 0 Å². The molecule has 11 heteroatoms. The molecular weight excluding hydrogens is 511 g/mol. The van der Waals surface area contributed by atoms with Gasteiger partial charge >= 0.3 is 0 Å². The van der Waals surface area contributed by atoms with Crippen LogP contribution in [0.4, 0.5) is 21.8 Å². The molecule has 0 bridgehead atoms. The molecule has 212 valence electrons. The highest BCUT2D eigenvalue weighted by atomic mass is 19.1. The van der Waals surface area contributed by atoms with Crippen molar-refractivity contribution in [3.8, 4) is 11.4 Å². The van der Waals surface area contributed by atoms with Crippen LogP contribution in [0.25, 0.3) is 11.4 Å². The van der Waals surface area contributed by atoms with Gasteiger partial charge in [0.25, 0.3) is 5.91 Å². The number of hydrogen-bond donors (Lipinski definition) is 4. The molecular formula is C29H37FN8O2. The number of aromatic amines is 1. The lowest BCUT2D eigenvalue weighted by atomic mass is 9.83. The van der Waals surface area contributed by atoms with Crippen LogP contribution in [-0.2, 0) is 6.42 Å². The van der Waals surface area contributed by atoms with E-state index < -0.39 is 11.4 Å². The van der Waals surface area contributed by atoms with Crippen LogP contribution in [0.5, 0.6) is 0 Å². The number of aliphatic hydroxyl groups is 1. The lowest BCUT2D eigenvalue weighted by Gasteiger charge is -2.44. The van der Waals surface area contributed by atoms with E-state index in [1.54, 1.807) is 6.07 Å². The second-order valence-electron chi connectivity index (χ2n) is 12.0. The lowest BCUT2D eigenvalue weighted by molar-refractivity contribution is -0.0136. The number of β-amino-alcohol motifs (C(OH)–C–C–N with tert-alkyl or cyclic N) is 1. The van der Waals surface area contributed by atoms with E-state index in [2.05, 4.69) is 40.4 Å². The van der Waals surface area contributed by atoms with Crippen LogP contribution in [0.15, 0.2) is 30.6 Å². The summed E-state index contributed by atoms with van der Waals surface area (Å²) in [5.74, 6) is 1.57. The van der Waals surface area contributed by atoms with Crippen molar-refractivity contribution in [1.29, 1.82) is 0 Å². The maximum Gasteiger partial charge on any atom is 0.253 e. The van der Waals surface area contributed by atoms with E-state index in [4.69, 9.17) is 0 Å². The third-order valence-electron chi connectivity index (χ3n) is 8.08. The Kier molecular flexibility index (Phi) is 7.18. The minimum Gasteiger partial charge on any atom is -0.389 e. The van der Waals surface area contributed by atoms with Crippen molar-refractivity contribution in [3.63, 3.8) is 0 Å². The van der Waals surface area contributed by atoms with Gasteiger partial charge < -0.3 is 25.6 Å². The Labute approximate surface area is 233 Å². The fraction of sp³-hybridized carbons (Fsp3) is 0.517. The van der Waals surface area contributed by atoms with E-state index in [1.165, 1.54) is 19.3 Å². The lowest BCUT2D eigenvalue weighted by Crippen LogP contribution is -2.52. The maximum absolute atomic E-state index is 14.6. The summed E-state index contributed by atoms with van der Waals surface area (Å²) in [6, 6.07) is 5.56. The van der Waals surface area contributed by atoms with E-state index in [1.807, 2.05) is 32.2 Å². The molecule has 0 unspecified atom stereocenters. The smallest absolute Gasteiger partial charge is 0.253 e. The molecule has 0 aromatic carbocycles. The molecule has 3 aliphatic rings. The normalized spacial score (nSPS) is 18.8. The topological polar surface area (TPSA) is 122 Å². The van der Waals surface area contributed by atoms with Crippen molar-refractivity contribution in [2.24, 2.45) is 11.8 Å². The van der Waals surface area contributed by atoms with Gasteiger partial charge in [0.15, 0.2) is 5.82 Å². The van der Waals surface area contributed by atoms with Crippen LogP contribution in [-0.4, -0.2) is 80.7 Å². The zero-order valence-electron chi connectivity index (χ0n) is 23.1. The molecule has 6 rings (SSSR count). The van der Waals surface area contributed by atoms with Crippen molar-refractivity contribution >= 4 is 23.4 Å². The van der Waals surface area contributed by atoms with Crippen LogP contribution in [0.3, 0.4) is 0 Å². The zero-order valence-corrected chi connectivity index (χ0v) is 23.1. The Morgan fingerprint density at radius 3 is 2.65 bits per heavy atom. The van der Waals surface area contributed by atoms with Crippen molar-refractivity contribution in [1.82, 2.24) is 30.2 Å². The predicted molar refractivity (Wildman–Crippen MR) is 151 cm³/mol. The van der Waals surface area contributed by atoms with Gasteiger partial charge in [0, 0.05) is 51.4 Å². The molecule has 0 radical (unpaired) electrons. The number of pyridine rings is 1. The molecule has 0 atom stereocenters. The summed E-state index contributed by atoms with van der Waals surface area (Å²) in [4.78, 5) is 33.0. The summed E-state index contributed by atoms with van der Waals surface area (Å²) in [7, 11) is 0. The largest absolute Gasteiger partial charge is 0.389 e. The van der Waals surface area contributed by atoms with Crippen LogP contribution < -0.4 is 15.5 Å². The van der Waals surface area contributed by atoms with Gasteiger partial charge in [0.05, 0.1) is 34.9 Å². The highest BCUT2D eigenvalue weighted by Crippen LogP contribution is 2.32. The number of carbonyl (C=O) groups excluding carboxylic acids is 1. The van der Waals surface area contributed by atoms with Crippen molar-refractivity contribution < 1.29 is 14.3 Å². The molecule has 6 heterocycles. The van der Waals surface area contributed by atoms with Crippen molar-refractivity contribution in [2.75, 3.05) is 49.5 Å². The molecule has 10 nitrogen and oxygen atoms in total. The predicted octanol–water partition coefficient (Wildman–Crippen LogP) is 3.34. The van der Waals surface area contributed by atoms with Crippen molar-refractivity contribution in [2.45, 2.75) is 45.1 Å². The van der Waals surface area contributed by atoms with Gasteiger partial charge in [-0.15, -0.1) is 0 Å². The van der Waals surface area contributed by atoms with Crippen LogP contribution in [0, 0.1) is 17.7 Å². The second-order valence-corrected chi connectivity index (χ2v) is 12.0. The van der Waals surface area contributed by atoms with Gasteiger partial charge in [0.2, 0.25) is 5.95 Å². The number of aromatic nitrogens is 4. The minimum absolute atomic E-state index is 0.103. The van der Waals surface area contributed by atoms with E-state index in [0.29, 0.717) is 30.0 Å². The summed E-state index contributed by atoms with van der Waals surface area (Å²) in [5.41, 5.74) is 2.32. The monoisotopic (exact) mass is 548 g/mol. The summed E-state index contributed by atoms with van der Waals surface area (Å²) >= 11 is 0. The third kappa shape index (κ3) is 5.95. The first-order chi connectivity index (χ1) is 19.2. The first kappa shape index (κ1) is 26.6. The molecule has 3 aliphatic heterocycles. The Balaban J connectivity index is 1.02. The minimum atomic E-state index is -0.618. The fourth-order valence-electron chi connectivity index (χ4n) is 6.20. The van der Waals surface area contributed by atoms with Crippen LogP contribution in [0.2, 0.25) is 0 Å². The molecule has 2 saturated heterocycles. The summed E-state index contributed by atoms with van der Waals surface area (Å²) in [6.45, 7) is 9.29. The van der Waals surface area contributed by atoms with E-state index in [-0.39, 0.29) is 17.5 Å². The molecule has 2 fully saturated rings. The van der Waals surface area contributed by atoms with Gasteiger partial charge in [-0.2, -0.15) is 0 Å². The number of halogens is 1. The number of likely N-dealkylation sites (tertiary alicyclic amines) is 1. The molecule has 3 aromatic heterocycles. The first-order valence-corrected chi connectivity index (χ1v) is 14.2. The van der Waals surface area contributed by atoms with Gasteiger partial charge in [-0.1, -0.05) is 0 Å². The number of anilines is 3. The van der Waals surface area contributed by atoms with Gasteiger partial charge in [0.1, 0.15) is 11.5 Å². The molecule has 4 N–H and O–H groups in total. The fourth-order valence-corrected chi connectivity index (χ4v) is 6.20. The number of fused-ring (bicyclic) bond motifs is 1. The van der Waals surface area contributed by atoms with Crippen LogP contribution >= 0.6 is 0 Å². The average Bonchev–Trinajstić information content (AvgIpc) is 3.34. The number of amides is 1. The SMILES string of the molecule is CC(C)(O)CN1CC(CC2CCN(c3ccc(Nc4ncc(F)c(-c5cc6c([nH]5)CCNC6=O)n4)nc3)CC2)C1. The van der Waals surface area contributed by atoms with E-state index in [0.717, 1.165) is 62.1 Å². The summed E-state index contributed by atoms with van der Waals surface area (Å²) in [6.07, 6.45) is 7.27. The van der Waals surface area contributed by atoms with E-state index in [9.17, 15) is 14.3 Å². The Hall–Kier alpha value is -3.57. The number of hydrogen-bond acceptors (Lipinski definition) is 8. The Morgan fingerprint density at radius 2 is 1.95 bits per heavy atom. The number of nitrogens with one attached hydrogen (secondary N) is 3. The molecule has 1 amide bonds.